The molecule has 8 heteroatoms. The Morgan fingerprint density at radius 3 is 2.00 bits per heavy atom. The Balaban J connectivity index is 1.64. The van der Waals surface area contributed by atoms with Gasteiger partial charge in [-0.2, -0.15) is 9.57 Å². The molecule has 0 bridgehead atoms. The van der Waals surface area contributed by atoms with Crippen molar-refractivity contribution >= 4 is 16.1 Å². The van der Waals surface area contributed by atoms with Gasteiger partial charge in [-0.3, -0.25) is 0 Å². The van der Waals surface area contributed by atoms with Gasteiger partial charge in [-0.05, 0) is 37.1 Å². The molecule has 0 spiro atoms. The van der Waals surface area contributed by atoms with E-state index < -0.39 is 10.0 Å². The molecule has 2 aliphatic heterocycles. The Bertz CT molecular complexity index is 741. The molecular weight excluding hydrogens is 328 g/mol. The summed E-state index contributed by atoms with van der Waals surface area (Å²) in [5.74, 6) is 0. The monoisotopic (exact) mass is 348 g/mol. The number of nitrogens with zero attached hydrogens (tertiary/aromatic N) is 4. The number of sulfonamides is 1. The van der Waals surface area contributed by atoms with Crippen molar-refractivity contribution in [1.82, 2.24) is 14.1 Å². The molecule has 0 aromatic heterocycles. The number of amides is 2. The molecule has 2 heterocycles. The highest BCUT2D eigenvalue weighted by atomic mass is 32.2. The molecule has 3 rings (SSSR count). The maximum absolute atomic E-state index is 12.6. The van der Waals surface area contributed by atoms with Crippen molar-refractivity contribution < 1.29 is 13.2 Å². The summed E-state index contributed by atoms with van der Waals surface area (Å²) in [6.45, 7) is 2.99. The molecule has 2 saturated heterocycles. The average molecular weight is 348 g/mol. The van der Waals surface area contributed by atoms with Crippen molar-refractivity contribution in [2.75, 3.05) is 39.3 Å². The van der Waals surface area contributed by atoms with Crippen molar-refractivity contribution in [3.8, 4) is 6.07 Å². The lowest BCUT2D eigenvalue weighted by molar-refractivity contribution is 0.142. The minimum atomic E-state index is -3.58. The lowest BCUT2D eigenvalue weighted by atomic mass is 10.2. The van der Waals surface area contributed by atoms with Gasteiger partial charge >= 0.3 is 6.03 Å². The van der Waals surface area contributed by atoms with Crippen LogP contribution in [0.4, 0.5) is 4.79 Å². The number of nitriles is 1. The van der Waals surface area contributed by atoms with E-state index in [1.165, 1.54) is 28.6 Å². The summed E-state index contributed by atoms with van der Waals surface area (Å²) >= 11 is 0. The van der Waals surface area contributed by atoms with Crippen LogP contribution in [-0.4, -0.2) is 67.8 Å². The average Bonchev–Trinajstić information content (AvgIpc) is 3.16. The van der Waals surface area contributed by atoms with Crippen molar-refractivity contribution in [3.63, 3.8) is 0 Å². The van der Waals surface area contributed by atoms with Crippen LogP contribution in [0.25, 0.3) is 0 Å². The quantitative estimate of drug-likeness (QED) is 0.800. The second-order valence-electron chi connectivity index (χ2n) is 6.00. The van der Waals surface area contributed by atoms with E-state index in [1.807, 2.05) is 11.0 Å². The zero-order valence-electron chi connectivity index (χ0n) is 13.4. The van der Waals surface area contributed by atoms with Gasteiger partial charge in [-0.25, -0.2) is 13.2 Å². The topological polar surface area (TPSA) is 84.7 Å². The molecule has 2 aliphatic rings. The molecule has 0 N–H and O–H groups in total. The number of benzene rings is 1. The third kappa shape index (κ3) is 3.23. The van der Waals surface area contributed by atoms with Crippen molar-refractivity contribution in [2.24, 2.45) is 0 Å². The van der Waals surface area contributed by atoms with Gasteiger partial charge < -0.3 is 9.80 Å². The van der Waals surface area contributed by atoms with E-state index >= 15 is 0 Å². The summed E-state index contributed by atoms with van der Waals surface area (Å²) in [5, 5.41) is 8.80. The predicted octanol–water partition coefficient (Wildman–Crippen LogP) is 1.08. The first-order valence-corrected chi connectivity index (χ1v) is 9.50. The summed E-state index contributed by atoms with van der Waals surface area (Å²) in [7, 11) is -3.58. The van der Waals surface area contributed by atoms with Gasteiger partial charge in [0.15, 0.2) is 0 Å². The van der Waals surface area contributed by atoms with Crippen LogP contribution in [0.2, 0.25) is 0 Å². The van der Waals surface area contributed by atoms with Crippen LogP contribution in [0.1, 0.15) is 18.4 Å². The SMILES string of the molecule is N#Cc1ccc(S(=O)(=O)N2CCN(C(=O)N3CCCC3)CC2)cc1. The largest absolute Gasteiger partial charge is 0.325 e. The van der Waals surface area contributed by atoms with E-state index in [4.69, 9.17) is 5.26 Å². The minimum Gasteiger partial charge on any atom is -0.325 e. The van der Waals surface area contributed by atoms with E-state index in [0.29, 0.717) is 31.7 Å². The van der Waals surface area contributed by atoms with Gasteiger partial charge in [-0.15, -0.1) is 0 Å². The van der Waals surface area contributed by atoms with Gasteiger partial charge in [0.25, 0.3) is 0 Å². The van der Waals surface area contributed by atoms with Crippen LogP contribution in [0.5, 0.6) is 0 Å². The van der Waals surface area contributed by atoms with E-state index in [1.54, 1.807) is 4.90 Å². The summed E-state index contributed by atoms with van der Waals surface area (Å²) < 4.78 is 26.7. The molecule has 2 fully saturated rings. The van der Waals surface area contributed by atoms with Crippen molar-refractivity contribution in [3.05, 3.63) is 29.8 Å². The third-order valence-electron chi connectivity index (χ3n) is 4.51. The van der Waals surface area contributed by atoms with Gasteiger partial charge in [0, 0.05) is 39.3 Å². The van der Waals surface area contributed by atoms with E-state index in [9.17, 15) is 13.2 Å². The number of likely N-dealkylation sites (tertiary alicyclic amines) is 1. The van der Waals surface area contributed by atoms with Crippen LogP contribution in [0, 0.1) is 11.3 Å². The van der Waals surface area contributed by atoms with Gasteiger partial charge in [0.2, 0.25) is 10.0 Å². The first-order valence-electron chi connectivity index (χ1n) is 8.06. The van der Waals surface area contributed by atoms with E-state index in [-0.39, 0.29) is 10.9 Å². The van der Waals surface area contributed by atoms with Crippen LogP contribution >= 0.6 is 0 Å². The molecule has 0 unspecified atom stereocenters. The minimum absolute atomic E-state index is 0.0166. The fourth-order valence-electron chi connectivity index (χ4n) is 3.08. The summed E-state index contributed by atoms with van der Waals surface area (Å²) in [6.07, 6.45) is 2.08. The van der Waals surface area contributed by atoms with Crippen LogP contribution in [0.3, 0.4) is 0 Å². The first-order chi connectivity index (χ1) is 11.5. The first kappa shape index (κ1) is 16.7. The number of hydrogen-bond donors (Lipinski definition) is 0. The fraction of sp³-hybridized carbons (Fsp3) is 0.500. The number of carbonyl (C=O) groups excluding carboxylic acids is 1. The molecule has 7 nitrogen and oxygen atoms in total. The van der Waals surface area contributed by atoms with E-state index in [2.05, 4.69) is 0 Å². The van der Waals surface area contributed by atoms with Crippen molar-refractivity contribution in [2.45, 2.75) is 17.7 Å². The van der Waals surface area contributed by atoms with Crippen LogP contribution in [0.15, 0.2) is 29.2 Å². The number of hydrogen-bond acceptors (Lipinski definition) is 4. The number of urea groups is 1. The van der Waals surface area contributed by atoms with Gasteiger partial charge in [0.05, 0.1) is 16.5 Å². The Morgan fingerprint density at radius 2 is 1.46 bits per heavy atom. The van der Waals surface area contributed by atoms with Crippen LogP contribution in [-0.2, 0) is 10.0 Å². The molecule has 0 radical (unpaired) electrons. The predicted molar refractivity (Wildman–Crippen MR) is 87.7 cm³/mol. The highest BCUT2D eigenvalue weighted by Gasteiger charge is 2.32. The van der Waals surface area contributed by atoms with Gasteiger partial charge in [0.1, 0.15) is 0 Å². The molecule has 1 aromatic rings. The molecule has 0 atom stereocenters. The maximum atomic E-state index is 12.6. The van der Waals surface area contributed by atoms with E-state index in [0.717, 1.165) is 25.9 Å². The molecule has 1 aromatic carbocycles. The summed E-state index contributed by atoms with van der Waals surface area (Å²) in [4.78, 5) is 16.1. The number of rotatable bonds is 2. The molecule has 24 heavy (non-hydrogen) atoms. The van der Waals surface area contributed by atoms with Crippen LogP contribution < -0.4 is 0 Å². The lowest BCUT2D eigenvalue weighted by Crippen LogP contribution is -2.53. The van der Waals surface area contributed by atoms with Gasteiger partial charge in [-0.1, -0.05) is 0 Å². The third-order valence-corrected chi connectivity index (χ3v) is 6.42. The Morgan fingerprint density at radius 1 is 0.917 bits per heavy atom. The maximum Gasteiger partial charge on any atom is 0.320 e. The smallest absolute Gasteiger partial charge is 0.320 e. The highest BCUT2D eigenvalue weighted by Crippen LogP contribution is 2.19. The second-order valence-corrected chi connectivity index (χ2v) is 7.94. The van der Waals surface area contributed by atoms with Crippen molar-refractivity contribution in [1.29, 1.82) is 5.26 Å². The molecular formula is C16H20N4O3S. The Labute approximate surface area is 142 Å². The Hall–Kier alpha value is -2.11. The normalized spacial score (nSPS) is 19.3. The number of carbonyl (C=O) groups is 1. The molecule has 0 aliphatic carbocycles. The standard InChI is InChI=1S/C16H20N4O3S/c17-13-14-3-5-15(6-4-14)24(22,23)20-11-9-19(10-12-20)16(21)18-7-1-2-8-18/h3-6H,1-2,7-12H2. The Kier molecular flexibility index (Phi) is 4.73. The summed E-state index contributed by atoms with van der Waals surface area (Å²) in [6, 6.07) is 7.90. The lowest BCUT2D eigenvalue weighted by Gasteiger charge is -2.36. The highest BCUT2D eigenvalue weighted by molar-refractivity contribution is 7.89. The fourth-order valence-corrected chi connectivity index (χ4v) is 4.50. The molecule has 2 amide bonds. The second kappa shape index (κ2) is 6.79. The molecule has 128 valence electrons. The zero-order chi connectivity index (χ0) is 17.2. The number of piperazine rings is 1. The summed E-state index contributed by atoms with van der Waals surface area (Å²) in [5.41, 5.74) is 0.426. The zero-order valence-corrected chi connectivity index (χ0v) is 14.2. The molecule has 0 saturated carbocycles.